The van der Waals surface area contributed by atoms with Crippen LogP contribution < -0.4 is 0 Å². The molecule has 0 N–H and O–H groups in total. The Morgan fingerprint density at radius 2 is 2.03 bits per heavy atom. The van der Waals surface area contributed by atoms with Crippen molar-refractivity contribution in [2.45, 2.75) is 32.4 Å². The number of halogens is 1. The van der Waals surface area contributed by atoms with Crippen LogP contribution in [-0.2, 0) is 26.0 Å². The van der Waals surface area contributed by atoms with E-state index in [1.165, 1.54) is 28.4 Å². The van der Waals surface area contributed by atoms with Gasteiger partial charge in [0.1, 0.15) is 10.1 Å². The van der Waals surface area contributed by atoms with Crippen LogP contribution in [-0.4, -0.2) is 58.4 Å². The highest BCUT2D eigenvalue weighted by Crippen LogP contribution is 2.33. The summed E-state index contributed by atoms with van der Waals surface area (Å²) < 4.78 is 37.6. The predicted octanol–water partition coefficient (Wildman–Crippen LogP) is 4.00. The smallest absolute Gasteiger partial charge is 0.266 e. The third kappa shape index (κ3) is 5.76. The number of thiocarbonyl (C=S) groups is 1. The lowest BCUT2D eigenvalue weighted by molar-refractivity contribution is -0.134. The van der Waals surface area contributed by atoms with Crippen LogP contribution >= 0.6 is 35.3 Å². The Kier molecular flexibility index (Phi) is 7.56. The van der Waals surface area contributed by atoms with Crippen LogP contribution in [0.1, 0.15) is 28.8 Å². The van der Waals surface area contributed by atoms with Crippen molar-refractivity contribution < 1.29 is 22.4 Å². The van der Waals surface area contributed by atoms with E-state index in [9.17, 15) is 22.4 Å². The zero-order chi connectivity index (χ0) is 24.5. The van der Waals surface area contributed by atoms with Gasteiger partial charge < -0.3 is 4.90 Å². The van der Waals surface area contributed by atoms with Crippen molar-refractivity contribution in [3.63, 3.8) is 0 Å². The van der Waals surface area contributed by atoms with Gasteiger partial charge in [-0.3, -0.25) is 14.5 Å². The quantitative estimate of drug-likeness (QED) is 0.392. The van der Waals surface area contributed by atoms with Gasteiger partial charge in [-0.2, -0.15) is 0 Å². The van der Waals surface area contributed by atoms with Gasteiger partial charge in [0.15, 0.2) is 9.84 Å². The van der Waals surface area contributed by atoms with Gasteiger partial charge in [-0.05, 0) is 54.1 Å². The van der Waals surface area contributed by atoms with Crippen LogP contribution in [0.25, 0.3) is 6.08 Å². The summed E-state index contributed by atoms with van der Waals surface area (Å²) in [4.78, 5) is 30.6. The van der Waals surface area contributed by atoms with Gasteiger partial charge in [0.25, 0.3) is 5.91 Å². The van der Waals surface area contributed by atoms with Crippen LogP contribution in [0.4, 0.5) is 4.39 Å². The summed E-state index contributed by atoms with van der Waals surface area (Å²) in [6.07, 6.45) is 2.10. The molecule has 1 atom stereocenters. The van der Waals surface area contributed by atoms with Gasteiger partial charge >= 0.3 is 0 Å². The standard InChI is InChI=1S/C23H23FN2O4S4/c1-15-7-10-32-20(15)13-26(18-8-11-34(29,30)14-18)21(27)6-9-25-22(28)19(33-23(25)31)12-16-2-4-17(24)5-3-16/h2-5,7,10,12,18H,6,8-9,11,13-14H2,1H3/b19-12-. The summed E-state index contributed by atoms with van der Waals surface area (Å²) in [6.45, 7) is 2.43. The van der Waals surface area contributed by atoms with Gasteiger partial charge in [-0.25, -0.2) is 12.8 Å². The van der Waals surface area contributed by atoms with E-state index >= 15 is 0 Å². The number of carbonyl (C=O) groups excluding carboxylic acids is 2. The van der Waals surface area contributed by atoms with E-state index in [0.717, 1.165) is 22.2 Å². The second-order valence-electron chi connectivity index (χ2n) is 8.24. The van der Waals surface area contributed by atoms with Crippen molar-refractivity contribution in [2.75, 3.05) is 18.1 Å². The molecule has 2 saturated heterocycles. The summed E-state index contributed by atoms with van der Waals surface area (Å²) in [5.74, 6) is -0.818. The van der Waals surface area contributed by atoms with Crippen LogP contribution in [0.2, 0.25) is 0 Å². The maximum Gasteiger partial charge on any atom is 0.266 e. The number of hydrogen-bond acceptors (Lipinski definition) is 7. The summed E-state index contributed by atoms with van der Waals surface area (Å²) in [6, 6.07) is 7.39. The summed E-state index contributed by atoms with van der Waals surface area (Å²) in [5.41, 5.74) is 1.74. The van der Waals surface area contributed by atoms with Crippen LogP contribution in [0.15, 0.2) is 40.6 Å². The number of benzene rings is 1. The van der Waals surface area contributed by atoms with Crippen molar-refractivity contribution in [1.29, 1.82) is 0 Å². The summed E-state index contributed by atoms with van der Waals surface area (Å²) >= 11 is 8.04. The highest BCUT2D eigenvalue weighted by Gasteiger charge is 2.36. The van der Waals surface area contributed by atoms with E-state index in [4.69, 9.17) is 12.2 Å². The van der Waals surface area contributed by atoms with Gasteiger partial charge in [-0.15, -0.1) is 11.3 Å². The fourth-order valence-electron chi connectivity index (χ4n) is 3.92. The van der Waals surface area contributed by atoms with Crippen molar-refractivity contribution >= 4 is 67.4 Å². The lowest BCUT2D eigenvalue weighted by Crippen LogP contribution is -2.42. The van der Waals surface area contributed by atoms with Gasteiger partial charge in [0.2, 0.25) is 5.91 Å². The lowest BCUT2D eigenvalue weighted by Gasteiger charge is -2.29. The Morgan fingerprint density at radius 1 is 1.29 bits per heavy atom. The molecule has 3 heterocycles. The number of thiophene rings is 1. The third-order valence-corrected chi connectivity index (χ3v) is 9.98. The molecule has 0 bridgehead atoms. The fraction of sp³-hybridized carbons (Fsp3) is 0.348. The van der Waals surface area contributed by atoms with Gasteiger partial charge in [0.05, 0.1) is 23.0 Å². The topological polar surface area (TPSA) is 74.8 Å². The molecule has 2 amide bonds. The van der Waals surface area contributed by atoms with Crippen molar-refractivity contribution in [1.82, 2.24) is 9.80 Å². The van der Waals surface area contributed by atoms with E-state index in [-0.39, 0.29) is 48.1 Å². The molecule has 2 aromatic rings. The number of carbonyl (C=O) groups is 2. The first-order valence-electron chi connectivity index (χ1n) is 10.7. The number of nitrogens with zero attached hydrogens (tertiary/aromatic N) is 2. The highest BCUT2D eigenvalue weighted by molar-refractivity contribution is 8.26. The zero-order valence-corrected chi connectivity index (χ0v) is 21.7. The molecule has 2 aliphatic heterocycles. The Balaban J connectivity index is 1.45. The van der Waals surface area contributed by atoms with E-state index in [2.05, 4.69) is 0 Å². The molecule has 11 heteroatoms. The molecule has 0 radical (unpaired) electrons. The average molecular weight is 539 g/mol. The van der Waals surface area contributed by atoms with E-state index in [0.29, 0.717) is 27.8 Å². The third-order valence-electron chi connectivity index (χ3n) is 5.84. The van der Waals surface area contributed by atoms with Crippen LogP contribution in [0.5, 0.6) is 0 Å². The molecule has 180 valence electrons. The number of thioether (sulfide) groups is 1. The second kappa shape index (κ2) is 10.3. The normalized spacial score (nSPS) is 20.9. The molecular formula is C23H23FN2O4S4. The summed E-state index contributed by atoms with van der Waals surface area (Å²) in [5, 5.41) is 1.95. The predicted molar refractivity (Wildman–Crippen MR) is 138 cm³/mol. The molecule has 2 aliphatic rings. The maximum atomic E-state index is 13.3. The maximum absolute atomic E-state index is 13.3. The van der Waals surface area contributed by atoms with Crippen molar-refractivity contribution in [3.8, 4) is 0 Å². The molecule has 1 unspecified atom stereocenters. The molecule has 34 heavy (non-hydrogen) atoms. The minimum atomic E-state index is -3.16. The molecule has 4 rings (SSSR count). The first kappa shape index (κ1) is 25.0. The van der Waals surface area contributed by atoms with Gasteiger partial charge in [0, 0.05) is 23.9 Å². The van der Waals surface area contributed by atoms with E-state index in [1.807, 2.05) is 18.4 Å². The zero-order valence-electron chi connectivity index (χ0n) is 18.4. The summed E-state index contributed by atoms with van der Waals surface area (Å²) in [7, 11) is -3.16. The second-order valence-corrected chi connectivity index (χ2v) is 13.1. The highest BCUT2D eigenvalue weighted by atomic mass is 32.2. The number of hydrogen-bond donors (Lipinski definition) is 0. The Morgan fingerprint density at radius 3 is 2.65 bits per heavy atom. The van der Waals surface area contributed by atoms with Gasteiger partial charge in [-0.1, -0.05) is 36.1 Å². The largest absolute Gasteiger partial charge is 0.333 e. The Bertz CT molecular complexity index is 1250. The first-order valence-corrected chi connectivity index (χ1v) is 14.6. The minimum absolute atomic E-state index is 0.0371. The van der Waals surface area contributed by atoms with E-state index in [1.54, 1.807) is 23.1 Å². The molecule has 1 aromatic carbocycles. The Labute approximate surface area is 211 Å². The average Bonchev–Trinajstić information content (AvgIpc) is 3.43. The SMILES string of the molecule is Cc1ccsc1CN(C(=O)CCN1C(=O)/C(=C/c2ccc(F)cc2)SC1=S)C1CCS(=O)(=O)C1. The van der Waals surface area contributed by atoms with Crippen molar-refractivity contribution in [2.24, 2.45) is 0 Å². The molecular weight excluding hydrogens is 516 g/mol. The number of aryl methyl sites for hydroxylation is 1. The molecule has 2 fully saturated rings. The fourth-order valence-corrected chi connectivity index (χ4v) is 7.86. The van der Waals surface area contributed by atoms with Crippen LogP contribution in [0, 0.1) is 12.7 Å². The molecule has 1 aromatic heterocycles. The monoisotopic (exact) mass is 538 g/mol. The lowest BCUT2D eigenvalue weighted by atomic mass is 10.1. The Hall–Kier alpha value is -2.08. The first-order chi connectivity index (χ1) is 16.1. The number of rotatable bonds is 7. The molecule has 0 spiro atoms. The molecule has 0 aliphatic carbocycles. The molecule has 0 saturated carbocycles. The van der Waals surface area contributed by atoms with Crippen molar-refractivity contribution in [3.05, 3.63) is 62.4 Å². The van der Waals surface area contributed by atoms with E-state index < -0.39 is 9.84 Å². The number of sulfone groups is 1. The minimum Gasteiger partial charge on any atom is -0.333 e. The molecule has 6 nitrogen and oxygen atoms in total. The number of amides is 2. The van der Waals surface area contributed by atoms with Crippen LogP contribution in [0.3, 0.4) is 0 Å².